The number of aromatic nitrogens is 1. The molecule has 0 fully saturated rings. The van der Waals surface area contributed by atoms with Gasteiger partial charge in [0.05, 0.1) is 11.7 Å². The lowest BCUT2D eigenvalue weighted by atomic mass is 10.1. The summed E-state index contributed by atoms with van der Waals surface area (Å²) in [5.41, 5.74) is 5.28. The largest absolute Gasteiger partial charge is 0.459 e. The van der Waals surface area contributed by atoms with Crippen molar-refractivity contribution in [2.24, 2.45) is 0 Å². The normalized spacial score (nSPS) is 13.0. The number of aromatic amines is 1. The molecule has 0 aliphatic carbocycles. The molecule has 144 valence electrons. The van der Waals surface area contributed by atoms with Crippen LogP contribution in [0.1, 0.15) is 58.4 Å². The smallest absolute Gasteiger partial charge is 0.340 e. The third kappa shape index (κ3) is 3.70. The van der Waals surface area contributed by atoms with Gasteiger partial charge in [0.1, 0.15) is 5.69 Å². The van der Waals surface area contributed by atoms with E-state index in [0.29, 0.717) is 22.5 Å². The third-order valence-electron chi connectivity index (χ3n) is 4.93. The van der Waals surface area contributed by atoms with Gasteiger partial charge in [-0.15, -0.1) is 0 Å². The summed E-state index contributed by atoms with van der Waals surface area (Å²) in [7, 11) is 0. The highest BCUT2D eigenvalue weighted by Gasteiger charge is 2.24. The lowest BCUT2D eigenvalue weighted by molar-refractivity contribution is 0.0376. The van der Waals surface area contributed by atoms with Gasteiger partial charge in [0.15, 0.2) is 0 Å². The van der Waals surface area contributed by atoms with E-state index in [4.69, 9.17) is 4.74 Å². The lowest BCUT2D eigenvalue weighted by Crippen LogP contribution is -2.19. The van der Waals surface area contributed by atoms with Gasteiger partial charge in [-0.05, 0) is 64.3 Å². The Morgan fingerprint density at radius 1 is 1.30 bits per heavy atom. The zero-order chi connectivity index (χ0) is 19.7. The molecule has 2 heterocycles. The van der Waals surface area contributed by atoms with Crippen LogP contribution < -0.4 is 10.2 Å². The number of carbonyl (C=O) groups excluding carboxylic acids is 2. The fraction of sp³-hybridized carbons (Fsp3) is 0.429. The summed E-state index contributed by atoms with van der Waals surface area (Å²) in [5.74, 6) is -0.674. The van der Waals surface area contributed by atoms with Crippen LogP contribution in [-0.4, -0.2) is 36.1 Å². The van der Waals surface area contributed by atoms with E-state index in [9.17, 15) is 9.59 Å². The Morgan fingerprint density at radius 3 is 2.70 bits per heavy atom. The van der Waals surface area contributed by atoms with Gasteiger partial charge in [-0.3, -0.25) is 4.79 Å². The predicted octanol–water partition coefficient (Wildman–Crippen LogP) is 3.83. The van der Waals surface area contributed by atoms with Gasteiger partial charge in [-0.1, -0.05) is 6.07 Å². The van der Waals surface area contributed by atoms with Gasteiger partial charge in [0.25, 0.3) is 5.91 Å². The molecular weight excluding hydrogens is 342 g/mol. The second-order valence-electron chi connectivity index (χ2n) is 7.21. The van der Waals surface area contributed by atoms with Gasteiger partial charge in [-0.25, -0.2) is 4.79 Å². The van der Waals surface area contributed by atoms with Gasteiger partial charge < -0.3 is 19.9 Å². The molecule has 0 saturated carbocycles. The monoisotopic (exact) mass is 369 g/mol. The van der Waals surface area contributed by atoms with E-state index in [1.165, 1.54) is 11.3 Å². The Kier molecular flexibility index (Phi) is 5.26. The third-order valence-corrected chi connectivity index (χ3v) is 4.93. The Bertz CT molecular complexity index is 883. The minimum absolute atomic E-state index is 0.212. The van der Waals surface area contributed by atoms with Crippen molar-refractivity contribution in [2.75, 3.05) is 23.3 Å². The summed E-state index contributed by atoms with van der Waals surface area (Å²) in [4.78, 5) is 30.4. The molecule has 0 bridgehead atoms. The molecule has 1 aromatic carbocycles. The fourth-order valence-electron chi connectivity index (χ4n) is 3.60. The molecular formula is C21H27N3O3. The van der Waals surface area contributed by atoms with E-state index in [-0.39, 0.29) is 12.0 Å². The number of nitrogens with zero attached hydrogens (tertiary/aromatic N) is 1. The molecule has 2 N–H and O–H groups in total. The molecule has 2 aromatic rings. The number of anilines is 2. The maximum atomic E-state index is 12.8. The first-order chi connectivity index (χ1) is 12.8. The van der Waals surface area contributed by atoms with Crippen molar-refractivity contribution in [3.8, 4) is 0 Å². The van der Waals surface area contributed by atoms with Crippen LogP contribution in [-0.2, 0) is 11.2 Å². The maximum absolute atomic E-state index is 12.8. The van der Waals surface area contributed by atoms with Crippen LogP contribution in [0, 0.1) is 13.8 Å². The van der Waals surface area contributed by atoms with Crippen LogP contribution >= 0.6 is 0 Å². The van der Waals surface area contributed by atoms with Crippen molar-refractivity contribution < 1.29 is 14.3 Å². The van der Waals surface area contributed by atoms with Crippen molar-refractivity contribution in [3.05, 3.63) is 46.3 Å². The minimum atomic E-state index is -0.411. The molecule has 3 rings (SSSR count). The van der Waals surface area contributed by atoms with Crippen LogP contribution in [0.25, 0.3) is 0 Å². The molecule has 1 aromatic heterocycles. The van der Waals surface area contributed by atoms with Gasteiger partial charge in [-0.2, -0.15) is 0 Å². The average molecular weight is 369 g/mol. The number of carbonyl (C=O) groups is 2. The molecule has 27 heavy (non-hydrogen) atoms. The van der Waals surface area contributed by atoms with E-state index >= 15 is 0 Å². The highest BCUT2D eigenvalue weighted by atomic mass is 16.5. The van der Waals surface area contributed by atoms with E-state index in [1.54, 1.807) is 27.7 Å². The van der Waals surface area contributed by atoms with Crippen LogP contribution in [0.5, 0.6) is 0 Å². The molecule has 1 amide bonds. The molecule has 0 radical (unpaired) electrons. The summed E-state index contributed by atoms with van der Waals surface area (Å²) in [6, 6.07) is 6.01. The van der Waals surface area contributed by atoms with Crippen molar-refractivity contribution in [1.29, 1.82) is 0 Å². The molecule has 0 saturated heterocycles. The van der Waals surface area contributed by atoms with Crippen molar-refractivity contribution in [2.45, 2.75) is 47.1 Å². The van der Waals surface area contributed by atoms with Crippen molar-refractivity contribution in [1.82, 2.24) is 4.98 Å². The van der Waals surface area contributed by atoms with Crippen LogP contribution in [0.3, 0.4) is 0 Å². The zero-order valence-corrected chi connectivity index (χ0v) is 16.6. The Labute approximate surface area is 159 Å². The predicted molar refractivity (Wildman–Crippen MR) is 107 cm³/mol. The molecule has 1 aliphatic heterocycles. The molecule has 0 atom stereocenters. The second kappa shape index (κ2) is 7.47. The lowest BCUT2D eigenvalue weighted by Gasteiger charge is -2.17. The second-order valence-corrected chi connectivity index (χ2v) is 7.21. The van der Waals surface area contributed by atoms with Crippen LogP contribution in [0.15, 0.2) is 18.2 Å². The van der Waals surface area contributed by atoms with E-state index in [2.05, 4.69) is 28.2 Å². The van der Waals surface area contributed by atoms with E-state index in [0.717, 1.165) is 25.2 Å². The number of hydrogen-bond acceptors (Lipinski definition) is 4. The summed E-state index contributed by atoms with van der Waals surface area (Å²) in [6.07, 6.45) is 0.824. The topological polar surface area (TPSA) is 74.4 Å². The van der Waals surface area contributed by atoms with Crippen LogP contribution in [0.2, 0.25) is 0 Å². The van der Waals surface area contributed by atoms with Crippen molar-refractivity contribution >= 4 is 23.3 Å². The highest BCUT2D eigenvalue weighted by molar-refractivity contribution is 6.07. The highest BCUT2D eigenvalue weighted by Crippen LogP contribution is 2.31. The Balaban J connectivity index is 1.82. The number of fused-ring (bicyclic) bond motifs is 1. The molecule has 1 aliphatic rings. The molecule has 6 heteroatoms. The molecule has 0 unspecified atom stereocenters. The fourth-order valence-corrected chi connectivity index (χ4v) is 3.60. The van der Waals surface area contributed by atoms with Crippen LogP contribution in [0.4, 0.5) is 11.4 Å². The minimum Gasteiger partial charge on any atom is -0.459 e. The first-order valence-corrected chi connectivity index (χ1v) is 9.41. The number of H-pyrrole nitrogens is 1. The SMILES string of the molecule is CCN1CCc2ccc(NC(=O)c3[nH]c(C)c(C(=O)OC(C)C)c3C)cc21. The average Bonchev–Trinajstić information content (AvgIpc) is 3.14. The number of benzene rings is 1. The summed E-state index contributed by atoms with van der Waals surface area (Å²) < 4.78 is 5.29. The van der Waals surface area contributed by atoms with Gasteiger partial charge in [0.2, 0.25) is 0 Å². The number of ether oxygens (including phenoxy) is 1. The number of esters is 1. The number of rotatable bonds is 5. The zero-order valence-electron chi connectivity index (χ0n) is 16.6. The number of likely N-dealkylation sites (N-methyl/N-ethyl adjacent to an activating group) is 1. The quantitative estimate of drug-likeness (QED) is 0.786. The number of nitrogens with one attached hydrogen (secondary N) is 2. The summed E-state index contributed by atoms with van der Waals surface area (Å²) in [6.45, 7) is 11.2. The molecule has 0 spiro atoms. The number of hydrogen-bond donors (Lipinski definition) is 2. The Morgan fingerprint density at radius 2 is 2.04 bits per heavy atom. The molecule has 6 nitrogen and oxygen atoms in total. The summed E-state index contributed by atoms with van der Waals surface area (Å²) >= 11 is 0. The van der Waals surface area contributed by atoms with Gasteiger partial charge >= 0.3 is 5.97 Å². The standard InChI is InChI=1S/C21H27N3O3/c1-6-24-10-9-15-7-8-16(11-17(15)24)23-20(25)19-13(4)18(14(5)22-19)21(26)27-12(2)3/h7-8,11-12,22H,6,9-10H2,1-5H3,(H,23,25). The van der Waals surface area contributed by atoms with E-state index in [1.807, 2.05) is 12.1 Å². The van der Waals surface area contributed by atoms with Gasteiger partial charge in [0, 0.05) is 30.2 Å². The van der Waals surface area contributed by atoms with Crippen molar-refractivity contribution in [3.63, 3.8) is 0 Å². The Hall–Kier alpha value is -2.76. The maximum Gasteiger partial charge on any atom is 0.340 e. The number of aryl methyl sites for hydroxylation is 1. The van der Waals surface area contributed by atoms with E-state index < -0.39 is 5.97 Å². The first kappa shape index (κ1) is 19.0. The first-order valence-electron chi connectivity index (χ1n) is 9.41. The number of amides is 1. The summed E-state index contributed by atoms with van der Waals surface area (Å²) in [5, 5.41) is 2.94.